The standard InChI is InChI=1S/C27H20Cl2F3N3O5/c28-21-9-4-15(12-22(21)29)14-40-18-7-5-16(6-8-18)23(36)13-17(26(38)39)10-11-35-25(37)19-2-1-3-20(27(30,31)32)24(19)33-34-35/h1-9,12,17H,10-11,13-14H2,(H,38,39). The van der Waals surface area contributed by atoms with Crippen LogP contribution in [0.5, 0.6) is 5.75 Å². The summed E-state index contributed by atoms with van der Waals surface area (Å²) in [6.07, 6.45) is -5.27. The number of fused-ring (bicyclic) bond motifs is 1. The van der Waals surface area contributed by atoms with Crippen LogP contribution in [0.2, 0.25) is 10.0 Å². The number of aliphatic carboxylic acids is 1. The van der Waals surface area contributed by atoms with Gasteiger partial charge < -0.3 is 9.84 Å². The molecule has 1 atom stereocenters. The number of nitrogens with zero attached hydrogens (tertiary/aromatic N) is 3. The van der Waals surface area contributed by atoms with Gasteiger partial charge in [-0.3, -0.25) is 14.4 Å². The van der Waals surface area contributed by atoms with E-state index >= 15 is 0 Å². The van der Waals surface area contributed by atoms with Crippen LogP contribution in [0.25, 0.3) is 10.9 Å². The Morgan fingerprint density at radius 2 is 1.75 bits per heavy atom. The van der Waals surface area contributed by atoms with E-state index < -0.39 is 40.5 Å². The van der Waals surface area contributed by atoms with Crippen molar-refractivity contribution >= 4 is 45.9 Å². The minimum atomic E-state index is -4.73. The number of carboxylic acid groups (broad SMARTS) is 1. The largest absolute Gasteiger partial charge is 0.489 e. The summed E-state index contributed by atoms with van der Waals surface area (Å²) in [7, 11) is 0. The first-order chi connectivity index (χ1) is 18.9. The second kappa shape index (κ2) is 12.1. The minimum absolute atomic E-state index is 0.176. The Kier molecular flexibility index (Phi) is 8.75. The van der Waals surface area contributed by atoms with Crippen LogP contribution in [-0.2, 0) is 24.1 Å². The van der Waals surface area contributed by atoms with Gasteiger partial charge in [-0.15, -0.1) is 5.10 Å². The highest BCUT2D eigenvalue weighted by Crippen LogP contribution is 2.32. The maximum atomic E-state index is 13.2. The van der Waals surface area contributed by atoms with E-state index in [9.17, 15) is 32.7 Å². The van der Waals surface area contributed by atoms with Gasteiger partial charge in [0, 0.05) is 18.5 Å². The van der Waals surface area contributed by atoms with Crippen LogP contribution < -0.4 is 10.3 Å². The quantitative estimate of drug-likeness (QED) is 0.222. The first-order valence-electron chi connectivity index (χ1n) is 11.8. The molecular formula is C27H20Cl2F3N3O5. The molecule has 8 nitrogen and oxygen atoms in total. The Bertz CT molecular complexity index is 1630. The molecule has 1 aromatic heterocycles. The van der Waals surface area contributed by atoms with Gasteiger partial charge in [-0.25, -0.2) is 4.68 Å². The molecule has 1 unspecified atom stereocenters. The topological polar surface area (TPSA) is 111 Å². The summed E-state index contributed by atoms with van der Waals surface area (Å²) in [6.45, 7) is -0.0520. The molecule has 13 heteroatoms. The number of hydrogen-bond acceptors (Lipinski definition) is 6. The van der Waals surface area contributed by atoms with Crippen molar-refractivity contribution in [1.82, 2.24) is 15.0 Å². The number of hydrogen-bond donors (Lipinski definition) is 1. The molecular weight excluding hydrogens is 574 g/mol. The Labute approximate surface area is 234 Å². The summed E-state index contributed by atoms with van der Waals surface area (Å²) in [5.74, 6) is -2.42. The fourth-order valence-electron chi connectivity index (χ4n) is 3.94. The summed E-state index contributed by atoms with van der Waals surface area (Å²) in [4.78, 5) is 37.3. The van der Waals surface area contributed by atoms with Crippen LogP contribution in [0.4, 0.5) is 13.2 Å². The Hall–Kier alpha value is -3.96. The van der Waals surface area contributed by atoms with Gasteiger partial charge >= 0.3 is 12.1 Å². The highest BCUT2D eigenvalue weighted by atomic mass is 35.5. The Morgan fingerprint density at radius 3 is 2.40 bits per heavy atom. The molecule has 0 bridgehead atoms. The first kappa shape index (κ1) is 29.0. The molecule has 1 N–H and O–H groups in total. The third kappa shape index (κ3) is 6.78. The molecule has 0 amide bonds. The molecule has 0 fully saturated rings. The number of ketones is 1. The molecule has 208 valence electrons. The van der Waals surface area contributed by atoms with Crippen LogP contribution in [0.3, 0.4) is 0 Å². The fraction of sp³-hybridized carbons (Fsp3) is 0.222. The highest BCUT2D eigenvalue weighted by molar-refractivity contribution is 6.42. The first-order valence-corrected chi connectivity index (χ1v) is 12.6. The van der Waals surface area contributed by atoms with Crippen LogP contribution in [-0.4, -0.2) is 31.9 Å². The Morgan fingerprint density at radius 1 is 1.02 bits per heavy atom. The smallest absolute Gasteiger partial charge is 0.418 e. The van der Waals surface area contributed by atoms with Gasteiger partial charge in [-0.1, -0.05) is 40.5 Å². The average molecular weight is 594 g/mol. The lowest BCUT2D eigenvalue weighted by Gasteiger charge is -2.13. The van der Waals surface area contributed by atoms with Gasteiger partial charge in [-0.05, 0) is 60.5 Å². The van der Waals surface area contributed by atoms with E-state index in [4.69, 9.17) is 27.9 Å². The molecule has 3 aromatic carbocycles. The van der Waals surface area contributed by atoms with Crippen molar-refractivity contribution in [2.45, 2.75) is 32.2 Å². The second-order valence-electron chi connectivity index (χ2n) is 8.83. The van der Waals surface area contributed by atoms with E-state index in [1.807, 2.05) is 0 Å². The van der Waals surface area contributed by atoms with Crippen molar-refractivity contribution in [1.29, 1.82) is 0 Å². The van der Waals surface area contributed by atoms with Crippen LogP contribution in [0.15, 0.2) is 65.5 Å². The number of alkyl halides is 3. The summed E-state index contributed by atoms with van der Waals surface area (Å²) in [5.41, 5.74) is -1.49. The van der Waals surface area contributed by atoms with E-state index in [0.29, 0.717) is 15.8 Å². The molecule has 0 spiro atoms. The van der Waals surface area contributed by atoms with Gasteiger partial charge in [0.15, 0.2) is 5.78 Å². The number of halogens is 5. The molecule has 0 aliphatic rings. The maximum Gasteiger partial charge on any atom is 0.418 e. The number of ether oxygens (including phenoxy) is 1. The van der Waals surface area contributed by atoms with Gasteiger partial charge in [0.05, 0.1) is 26.9 Å². The van der Waals surface area contributed by atoms with Crippen LogP contribution in [0, 0.1) is 5.92 Å². The lowest BCUT2D eigenvalue weighted by Crippen LogP contribution is -2.28. The number of carboxylic acids is 1. The van der Waals surface area contributed by atoms with Gasteiger partial charge in [0.2, 0.25) is 0 Å². The Balaban J connectivity index is 1.40. The molecule has 0 radical (unpaired) electrons. The van der Waals surface area contributed by atoms with Crippen molar-refractivity contribution in [2.75, 3.05) is 0 Å². The average Bonchev–Trinajstić information content (AvgIpc) is 2.92. The van der Waals surface area contributed by atoms with E-state index in [0.717, 1.165) is 22.4 Å². The zero-order valence-electron chi connectivity index (χ0n) is 20.5. The molecule has 0 saturated heterocycles. The highest BCUT2D eigenvalue weighted by Gasteiger charge is 2.34. The molecule has 1 heterocycles. The number of carbonyl (C=O) groups excluding carboxylic acids is 1. The SMILES string of the molecule is O=C(CC(CCn1nnc2c(C(F)(F)F)cccc2c1=O)C(=O)O)c1ccc(OCc2ccc(Cl)c(Cl)c2)cc1. The van der Waals surface area contributed by atoms with Crippen molar-refractivity contribution in [2.24, 2.45) is 5.92 Å². The van der Waals surface area contributed by atoms with E-state index in [2.05, 4.69) is 10.3 Å². The lowest BCUT2D eigenvalue weighted by atomic mass is 9.95. The number of rotatable bonds is 10. The third-order valence-electron chi connectivity index (χ3n) is 6.10. The monoisotopic (exact) mass is 593 g/mol. The zero-order chi connectivity index (χ0) is 29.0. The van der Waals surface area contributed by atoms with E-state index in [-0.39, 0.29) is 36.9 Å². The third-order valence-corrected chi connectivity index (χ3v) is 6.83. The molecule has 0 aliphatic carbocycles. The van der Waals surface area contributed by atoms with E-state index in [1.54, 1.807) is 30.3 Å². The number of Topliss-reactive ketones (excluding diaryl/α,β-unsaturated/α-hetero) is 1. The number of aryl methyl sites for hydroxylation is 1. The van der Waals surface area contributed by atoms with Crippen molar-refractivity contribution in [3.63, 3.8) is 0 Å². The predicted molar refractivity (Wildman–Crippen MR) is 141 cm³/mol. The van der Waals surface area contributed by atoms with E-state index in [1.165, 1.54) is 18.2 Å². The predicted octanol–water partition coefficient (Wildman–Crippen LogP) is 6.06. The molecule has 0 aliphatic heterocycles. The van der Waals surface area contributed by atoms with Crippen molar-refractivity contribution in [3.05, 3.63) is 97.8 Å². The van der Waals surface area contributed by atoms with Crippen molar-refractivity contribution in [3.8, 4) is 5.75 Å². The summed E-state index contributed by atoms with van der Waals surface area (Å²) in [6, 6.07) is 14.3. The maximum absolute atomic E-state index is 13.2. The lowest BCUT2D eigenvalue weighted by molar-refractivity contribution is -0.142. The molecule has 4 rings (SSSR count). The fourth-order valence-corrected chi connectivity index (χ4v) is 4.26. The zero-order valence-corrected chi connectivity index (χ0v) is 22.0. The van der Waals surface area contributed by atoms with Gasteiger partial charge in [0.25, 0.3) is 5.56 Å². The molecule has 40 heavy (non-hydrogen) atoms. The number of carbonyl (C=O) groups is 2. The molecule has 4 aromatic rings. The number of benzene rings is 3. The normalized spacial score (nSPS) is 12.3. The van der Waals surface area contributed by atoms with Crippen molar-refractivity contribution < 1.29 is 32.6 Å². The number of aromatic nitrogens is 3. The second-order valence-corrected chi connectivity index (χ2v) is 9.64. The summed E-state index contributed by atoms with van der Waals surface area (Å²) < 4.78 is 46.1. The van der Waals surface area contributed by atoms with Crippen LogP contribution >= 0.6 is 23.2 Å². The van der Waals surface area contributed by atoms with Gasteiger partial charge in [-0.2, -0.15) is 13.2 Å². The summed E-state index contributed by atoms with van der Waals surface area (Å²) >= 11 is 11.9. The van der Waals surface area contributed by atoms with Crippen LogP contribution in [0.1, 0.15) is 34.3 Å². The molecule has 0 saturated carbocycles. The van der Waals surface area contributed by atoms with Gasteiger partial charge in [0.1, 0.15) is 17.9 Å². The minimum Gasteiger partial charge on any atom is -0.489 e. The summed E-state index contributed by atoms with van der Waals surface area (Å²) in [5, 5.41) is 17.3.